The molecule has 1 aliphatic heterocycles. The molecule has 0 aliphatic carbocycles. The van der Waals surface area contributed by atoms with Crippen LogP contribution in [0.5, 0.6) is 5.75 Å². The lowest BCUT2D eigenvalue weighted by Crippen LogP contribution is -2.46. The fourth-order valence-electron chi connectivity index (χ4n) is 4.24. The van der Waals surface area contributed by atoms with Gasteiger partial charge in [0.1, 0.15) is 17.2 Å². The first-order chi connectivity index (χ1) is 17.0. The third-order valence-electron chi connectivity index (χ3n) is 6.00. The van der Waals surface area contributed by atoms with Crippen molar-refractivity contribution < 1.29 is 32.6 Å². The molecule has 190 valence electrons. The number of carboxylic acids is 1. The van der Waals surface area contributed by atoms with Crippen LogP contribution in [0.2, 0.25) is 0 Å². The minimum atomic E-state index is -4.47. The Hall–Kier alpha value is -3.37. The molecule has 1 aromatic heterocycles. The topological polar surface area (TPSA) is 70.1 Å². The van der Waals surface area contributed by atoms with Gasteiger partial charge in [0.05, 0.1) is 12.5 Å². The molecule has 2 heterocycles. The second-order valence-electron chi connectivity index (χ2n) is 8.72. The van der Waals surface area contributed by atoms with E-state index in [1.807, 2.05) is 0 Å². The second kappa shape index (κ2) is 10.3. The first-order valence-corrected chi connectivity index (χ1v) is 12.1. The Morgan fingerprint density at radius 1 is 1.14 bits per heavy atom. The summed E-state index contributed by atoms with van der Waals surface area (Å²) >= 11 is 0.665. The molecule has 1 aliphatic rings. The maximum atomic E-state index is 13.6. The Morgan fingerprint density at radius 3 is 2.50 bits per heavy atom. The molecular formula is C26H25F3N2O4S. The molecule has 0 saturated carbocycles. The van der Waals surface area contributed by atoms with E-state index in [1.165, 1.54) is 6.07 Å². The molecule has 1 unspecified atom stereocenters. The minimum absolute atomic E-state index is 0.0245. The number of rotatable bonds is 8. The lowest BCUT2D eigenvalue weighted by molar-refractivity contribution is -0.140. The van der Waals surface area contributed by atoms with Gasteiger partial charge in [0.2, 0.25) is 5.91 Å². The number of alkyl halides is 3. The van der Waals surface area contributed by atoms with Crippen molar-refractivity contribution in [3.05, 3.63) is 69.9 Å². The minimum Gasteiger partial charge on any atom is -0.488 e. The zero-order valence-electron chi connectivity index (χ0n) is 19.7. The maximum Gasteiger partial charge on any atom is 0.426 e. The highest BCUT2D eigenvalue weighted by molar-refractivity contribution is 7.12. The van der Waals surface area contributed by atoms with E-state index in [9.17, 15) is 22.8 Å². The highest BCUT2D eigenvalue weighted by atomic mass is 32.1. The van der Waals surface area contributed by atoms with Crippen LogP contribution in [0.15, 0.2) is 54.6 Å². The first kappa shape index (κ1) is 25.7. The predicted molar refractivity (Wildman–Crippen MR) is 131 cm³/mol. The lowest BCUT2D eigenvalue weighted by Gasteiger charge is -2.27. The van der Waals surface area contributed by atoms with Crippen LogP contribution in [0.25, 0.3) is 11.1 Å². The number of nitrogens with zero attached hydrogens (tertiary/aromatic N) is 2. The van der Waals surface area contributed by atoms with E-state index >= 15 is 0 Å². The van der Waals surface area contributed by atoms with Crippen molar-refractivity contribution in [2.45, 2.75) is 31.7 Å². The molecule has 0 saturated heterocycles. The monoisotopic (exact) mass is 518 g/mol. The molecule has 10 heteroatoms. The Labute approximate surface area is 210 Å². The van der Waals surface area contributed by atoms with Gasteiger partial charge in [-0.2, -0.15) is 13.2 Å². The number of fused-ring (bicyclic) bond motifs is 1. The Kier molecular flexibility index (Phi) is 7.37. The molecule has 1 atom stereocenters. The lowest BCUT2D eigenvalue weighted by atomic mass is 10.1. The number of amides is 1. The van der Waals surface area contributed by atoms with Crippen molar-refractivity contribution in [3.63, 3.8) is 0 Å². The number of ether oxygens (including phenoxy) is 1. The van der Waals surface area contributed by atoms with Crippen molar-refractivity contribution in [1.29, 1.82) is 0 Å². The number of aliphatic carboxylic acids is 1. The highest BCUT2D eigenvalue weighted by Crippen LogP contribution is 2.43. The van der Waals surface area contributed by atoms with Crippen LogP contribution in [0.4, 0.5) is 18.9 Å². The number of carboxylic acid groups (broad SMARTS) is 1. The van der Waals surface area contributed by atoms with Gasteiger partial charge in [-0.3, -0.25) is 14.5 Å². The Balaban J connectivity index is 1.50. The van der Waals surface area contributed by atoms with Crippen LogP contribution in [0, 0.1) is 0 Å². The van der Waals surface area contributed by atoms with Crippen LogP contribution in [-0.4, -0.2) is 48.6 Å². The van der Waals surface area contributed by atoms with Crippen molar-refractivity contribution in [3.8, 4) is 16.9 Å². The zero-order chi connectivity index (χ0) is 26.0. The average Bonchev–Trinajstić information content (AvgIpc) is 3.45. The molecule has 1 N–H and O–H groups in total. The third kappa shape index (κ3) is 5.55. The van der Waals surface area contributed by atoms with Crippen LogP contribution in [0.1, 0.15) is 21.7 Å². The number of hydrogen-bond donors (Lipinski definition) is 1. The number of anilines is 1. The van der Waals surface area contributed by atoms with E-state index in [-0.39, 0.29) is 24.5 Å². The summed E-state index contributed by atoms with van der Waals surface area (Å²) in [6.45, 7) is 0.394. The molecule has 4 rings (SSSR count). The Bertz CT molecular complexity index is 1260. The van der Waals surface area contributed by atoms with Crippen LogP contribution in [-0.2, 0) is 28.8 Å². The zero-order valence-corrected chi connectivity index (χ0v) is 20.5. The van der Waals surface area contributed by atoms with Crippen molar-refractivity contribution >= 4 is 28.9 Å². The van der Waals surface area contributed by atoms with E-state index in [0.29, 0.717) is 46.2 Å². The summed E-state index contributed by atoms with van der Waals surface area (Å²) in [6, 6.07) is 14.3. The van der Waals surface area contributed by atoms with Crippen molar-refractivity contribution in [2.24, 2.45) is 0 Å². The number of hydrogen-bond acceptors (Lipinski definition) is 5. The van der Waals surface area contributed by atoms with E-state index in [0.717, 1.165) is 5.56 Å². The van der Waals surface area contributed by atoms with Gasteiger partial charge in [-0.1, -0.05) is 30.3 Å². The molecule has 36 heavy (non-hydrogen) atoms. The van der Waals surface area contributed by atoms with Gasteiger partial charge in [0.15, 0.2) is 0 Å². The van der Waals surface area contributed by atoms with Crippen LogP contribution in [0.3, 0.4) is 0 Å². The van der Waals surface area contributed by atoms with Crippen LogP contribution >= 0.6 is 11.3 Å². The third-order valence-corrected chi connectivity index (χ3v) is 7.15. The summed E-state index contributed by atoms with van der Waals surface area (Å²) < 4.78 is 46.7. The first-order valence-electron chi connectivity index (χ1n) is 11.2. The van der Waals surface area contributed by atoms with Crippen LogP contribution < -0.4 is 9.64 Å². The molecule has 6 nitrogen and oxygen atoms in total. The van der Waals surface area contributed by atoms with E-state index in [1.54, 1.807) is 72.4 Å². The fourth-order valence-corrected chi connectivity index (χ4v) is 5.20. The fraction of sp³-hybridized carbons (Fsp3) is 0.308. The molecule has 3 aromatic rings. The van der Waals surface area contributed by atoms with Gasteiger partial charge in [-0.25, -0.2) is 0 Å². The average molecular weight is 519 g/mol. The number of benzene rings is 2. The molecule has 0 fully saturated rings. The quantitative estimate of drug-likeness (QED) is 0.438. The largest absolute Gasteiger partial charge is 0.488 e. The predicted octanol–water partition coefficient (Wildman–Crippen LogP) is 5.31. The van der Waals surface area contributed by atoms with Gasteiger partial charge >= 0.3 is 12.1 Å². The Morgan fingerprint density at radius 2 is 1.86 bits per heavy atom. The molecule has 0 radical (unpaired) electrons. The normalized spacial score (nSPS) is 14.1. The summed E-state index contributed by atoms with van der Waals surface area (Å²) in [6.07, 6.45) is -4.20. The smallest absolute Gasteiger partial charge is 0.426 e. The number of halogens is 3. The molecule has 1 amide bonds. The summed E-state index contributed by atoms with van der Waals surface area (Å²) in [7, 11) is 3.33. The second-order valence-corrected chi connectivity index (χ2v) is 9.85. The molecule has 2 aromatic carbocycles. The summed E-state index contributed by atoms with van der Waals surface area (Å²) in [4.78, 5) is 27.2. The number of thiophene rings is 1. The molecule has 0 spiro atoms. The summed E-state index contributed by atoms with van der Waals surface area (Å²) in [5, 5.41) is 9.16. The molecular weight excluding hydrogens is 493 g/mol. The van der Waals surface area contributed by atoms with E-state index < -0.39 is 23.1 Å². The number of carbonyl (C=O) groups excluding carboxylic acids is 1. The SMILES string of the molecule is CN(C)C(CC(=O)O)C(=O)N1CCc2cc(OCc3cc(-c4ccccc4)c(C(F)(F)F)s3)ccc21. The number of carbonyl (C=O) groups is 2. The van der Waals surface area contributed by atoms with Gasteiger partial charge in [-0.05, 0) is 55.9 Å². The molecule has 0 bridgehead atoms. The van der Waals surface area contributed by atoms with Crippen molar-refractivity contribution in [1.82, 2.24) is 4.90 Å². The number of likely N-dealkylation sites (N-methyl/N-ethyl adjacent to an activating group) is 1. The van der Waals surface area contributed by atoms with Gasteiger partial charge in [-0.15, -0.1) is 11.3 Å². The van der Waals surface area contributed by atoms with Gasteiger partial charge in [0, 0.05) is 22.7 Å². The van der Waals surface area contributed by atoms with Gasteiger partial charge in [0.25, 0.3) is 0 Å². The maximum absolute atomic E-state index is 13.6. The highest BCUT2D eigenvalue weighted by Gasteiger charge is 2.36. The summed E-state index contributed by atoms with van der Waals surface area (Å²) in [5.74, 6) is -0.856. The van der Waals surface area contributed by atoms with Gasteiger partial charge < -0.3 is 14.7 Å². The summed E-state index contributed by atoms with van der Waals surface area (Å²) in [5.41, 5.74) is 2.17. The van der Waals surface area contributed by atoms with E-state index in [4.69, 9.17) is 9.84 Å². The standard InChI is InChI=1S/C26H25F3N2O4S/c1-30(2)22(14-23(32)33)25(34)31-11-10-17-12-18(8-9-21(17)31)35-15-19-13-20(16-6-4-3-5-7-16)24(36-19)26(27,28)29/h3-9,12-13,22H,10-11,14-15H2,1-2H3,(H,32,33). The van der Waals surface area contributed by atoms with E-state index in [2.05, 4.69) is 0 Å². The van der Waals surface area contributed by atoms with Crippen molar-refractivity contribution in [2.75, 3.05) is 25.5 Å².